The van der Waals surface area contributed by atoms with Gasteiger partial charge in [0, 0.05) is 17.7 Å². The lowest BCUT2D eigenvalue weighted by atomic mass is 10.1. The summed E-state index contributed by atoms with van der Waals surface area (Å²) in [7, 11) is 0. The maximum absolute atomic E-state index is 13.5. The molecule has 0 atom stereocenters. The Bertz CT molecular complexity index is 593. The minimum Gasteiger partial charge on any atom is -0.346 e. The van der Waals surface area contributed by atoms with Gasteiger partial charge in [0.2, 0.25) is 0 Å². The van der Waals surface area contributed by atoms with Crippen LogP contribution in [0.5, 0.6) is 0 Å². The molecule has 4 heteroatoms. The van der Waals surface area contributed by atoms with Crippen LogP contribution in [0.3, 0.4) is 0 Å². The second-order valence-electron chi connectivity index (χ2n) is 3.82. The van der Waals surface area contributed by atoms with Crippen molar-refractivity contribution in [1.82, 2.24) is 9.97 Å². The molecule has 0 radical (unpaired) electrons. The standard InChI is InChI=1S/C13H12FN3/c1-3-12-16-8(2)13(17-12)9-4-5-10(7-15)11(14)6-9/h4-6H,3H2,1-2H3,(H,16,17). The fraction of sp³-hybridized carbons (Fsp3) is 0.231. The van der Waals surface area contributed by atoms with Crippen molar-refractivity contribution in [3.05, 3.63) is 41.1 Å². The summed E-state index contributed by atoms with van der Waals surface area (Å²) in [6.07, 6.45) is 0.805. The van der Waals surface area contributed by atoms with Crippen LogP contribution < -0.4 is 0 Å². The van der Waals surface area contributed by atoms with Gasteiger partial charge < -0.3 is 4.98 Å². The molecular formula is C13H12FN3. The Kier molecular flexibility index (Phi) is 2.92. The lowest BCUT2D eigenvalue weighted by molar-refractivity contribution is 0.624. The van der Waals surface area contributed by atoms with E-state index < -0.39 is 5.82 Å². The summed E-state index contributed by atoms with van der Waals surface area (Å²) in [4.78, 5) is 7.53. The van der Waals surface area contributed by atoms with Gasteiger partial charge >= 0.3 is 0 Å². The van der Waals surface area contributed by atoms with E-state index >= 15 is 0 Å². The van der Waals surface area contributed by atoms with Gasteiger partial charge in [0.05, 0.1) is 11.3 Å². The van der Waals surface area contributed by atoms with E-state index in [0.29, 0.717) is 5.56 Å². The smallest absolute Gasteiger partial charge is 0.141 e. The molecule has 0 bridgehead atoms. The first-order valence-corrected chi connectivity index (χ1v) is 5.41. The predicted octanol–water partition coefficient (Wildman–Crippen LogP) is 2.96. The third-order valence-electron chi connectivity index (χ3n) is 2.63. The summed E-state index contributed by atoms with van der Waals surface area (Å²) in [5.41, 5.74) is 2.39. The van der Waals surface area contributed by atoms with Gasteiger partial charge in [-0.1, -0.05) is 13.0 Å². The molecule has 86 valence electrons. The van der Waals surface area contributed by atoms with Crippen molar-refractivity contribution in [3.63, 3.8) is 0 Å². The van der Waals surface area contributed by atoms with Crippen LogP contribution in [0, 0.1) is 24.1 Å². The molecule has 17 heavy (non-hydrogen) atoms. The normalized spacial score (nSPS) is 10.2. The minimum atomic E-state index is -0.509. The quantitative estimate of drug-likeness (QED) is 0.860. The lowest BCUT2D eigenvalue weighted by Gasteiger charge is -2.00. The average Bonchev–Trinajstić information content (AvgIpc) is 2.70. The number of rotatable bonds is 2. The number of benzene rings is 1. The summed E-state index contributed by atoms with van der Waals surface area (Å²) in [6, 6.07) is 6.34. The van der Waals surface area contributed by atoms with Crippen molar-refractivity contribution in [2.75, 3.05) is 0 Å². The van der Waals surface area contributed by atoms with Gasteiger partial charge in [-0.15, -0.1) is 0 Å². The number of imidazole rings is 1. The van der Waals surface area contributed by atoms with E-state index in [1.807, 2.05) is 13.8 Å². The van der Waals surface area contributed by atoms with E-state index in [0.717, 1.165) is 23.6 Å². The van der Waals surface area contributed by atoms with Crippen molar-refractivity contribution >= 4 is 0 Å². The molecule has 2 rings (SSSR count). The first kappa shape index (κ1) is 11.3. The third kappa shape index (κ3) is 2.04. The lowest BCUT2D eigenvalue weighted by Crippen LogP contribution is -1.87. The van der Waals surface area contributed by atoms with Crippen molar-refractivity contribution in [3.8, 4) is 17.3 Å². The molecule has 1 aromatic carbocycles. The van der Waals surface area contributed by atoms with Crippen LogP contribution in [0.2, 0.25) is 0 Å². The molecule has 0 unspecified atom stereocenters. The molecule has 0 aliphatic heterocycles. The Morgan fingerprint density at radius 1 is 1.47 bits per heavy atom. The number of hydrogen-bond donors (Lipinski definition) is 1. The molecule has 3 nitrogen and oxygen atoms in total. The van der Waals surface area contributed by atoms with Crippen molar-refractivity contribution in [2.24, 2.45) is 0 Å². The van der Waals surface area contributed by atoms with E-state index in [4.69, 9.17) is 5.26 Å². The van der Waals surface area contributed by atoms with E-state index in [-0.39, 0.29) is 5.56 Å². The molecule has 0 aliphatic rings. The number of aryl methyl sites for hydroxylation is 2. The van der Waals surface area contributed by atoms with Crippen LogP contribution in [0.1, 0.15) is 24.0 Å². The fourth-order valence-corrected chi connectivity index (χ4v) is 1.72. The number of nitrogens with one attached hydrogen (secondary N) is 1. The molecule has 1 heterocycles. The number of aromatic amines is 1. The Labute approximate surface area is 98.9 Å². The predicted molar refractivity (Wildman–Crippen MR) is 62.8 cm³/mol. The first-order valence-electron chi connectivity index (χ1n) is 5.41. The molecule has 1 aromatic heterocycles. The maximum atomic E-state index is 13.5. The Morgan fingerprint density at radius 3 is 2.76 bits per heavy atom. The Hall–Kier alpha value is -2.15. The highest BCUT2D eigenvalue weighted by Gasteiger charge is 2.10. The molecule has 0 saturated carbocycles. The summed E-state index contributed by atoms with van der Waals surface area (Å²) in [6.45, 7) is 3.90. The number of H-pyrrole nitrogens is 1. The van der Waals surface area contributed by atoms with E-state index in [1.165, 1.54) is 12.1 Å². The zero-order chi connectivity index (χ0) is 12.4. The molecule has 1 N–H and O–H groups in total. The van der Waals surface area contributed by atoms with Crippen LogP contribution in [0.25, 0.3) is 11.3 Å². The van der Waals surface area contributed by atoms with Gasteiger partial charge in [-0.3, -0.25) is 0 Å². The summed E-state index contributed by atoms with van der Waals surface area (Å²) >= 11 is 0. The first-order chi connectivity index (χ1) is 8.15. The monoisotopic (exact) mass is 229 g/mol. The van der Waals surface area contributed by atoms with Crippen LogP contribution in [0.15, 0.2) is 18.2 Å². The third-order valence-corrected chi connectivity index (χ3v) is 2.63. The molecule has 0 spiro atoms. The van der Waals surface area contributed by atoms with Gasteiger partial charge in [0.25, 0.3) is 0 Å². The second-order valence-corrected chi connectivity index (χ2v) is 3.82. The number of halogens is 1. The number of hydrogen-bond acceptors (Lipinski definition) is 2. The van der Waals surface area contributed by atoms with Gasteiger partial charge in [0.15, 0.2) is 0 Å². The second kappa shape index (κ2) is 4.38. The summed E-state index contributed by atoms with van der Waals surface area (Å²) in [5.74, 6) is 0.368. The van der Waals surface area contributed by atoms with E-state index in [9.17, 15) is 4.39 Å². The number of nitrogens with zero attached hydrogens (tertiary/aromatic N) is 2. The van der Waals surface area contributed by atoms with E-state index in [2.05, 4.69) is 9.97 Å². The minimum absolute atomic E-state index is 0.0534. The SMILES string of the molecule is CCc1nc(-c2ccc(C#N)c(F)c2)c(C)[nH]1. The molecule has 0 fully saturated rings. The average molecular weight is 229 g/mol. The zero-order valence-electron chi connectivity index (χ0n) is 9.71. The van der Waals surface area contributed by atoms with Gasteiger partial charge in [0.1, 0.15) is 17.7 Å². The molecular weight excluding hydrogens is 217 g/mol. The highest BCUT2D eigenvalue weighted by molar-refractivity contribution is 5.63. The molecule has 0 aliphatic carbocycles. The Balaban J connectivity index is 2.50. The Morgan fingerprint density at radius 2 is 2.24 bits per heavy atom. The molecule has 0 amide bonds. The summed E-state index contributed by atoms with van der Waals surface area (Å²) < 4.78 is 13.5. The van der Waals surface area contributed by atoms with Gasteiger partial charge in [-0.25, -0.2) is 9.37 Å². The van der Waals surface area contributed by atoms with Crippen molar-refractivity contribution in [2.45, 2.75) is 20.3 Å². The van der Waals surface area contributed by atoms with Crippen LogP contribution in [-0.2, 0) is 6.42 Å². The maximum Gasteiger partial charge on any atom is 0.141 e. The van der Waals surface area contributed by atoms with Crippen molar-refractivity contribution < 1.29 is 4.39 Å². The summed E-state index contributed by atoms with van der Waals surface area (Å²) in [5, 5.41) is 8.66. The van der Waals surface area contributed by atoms with E-state index in [1.54, 1.807) is 12.1 Å². The van der Waals surface area contributed by atoms with Gasteiger partial charge in [-0.05, 0) is 19.1 Å². The highest BCUT2D eigenvalue weighted by Crippen LogP contribution is 2.23. The highest BCUT2D eigenvalue weighted by atomic mass is 19.1. The van der Waals surface area contributed by atoms with Crippen LogP contribution >= 0.6 is 0 Å². The number of aromatic nitrogens is 2. The number of nitriles is 1. The molecule has 0 saturated heterocycles. The van der Waals surface area contributed by atoms with Crippen molar-refractivity contribution in [1.29, 1.82) is 5.26 Å². The van der Waals surface area contributed by atoms with Crippen LogP contribution in [-0.4, -0.2) is 9.97 Å². The molecule has 2 aromatic rings. The zero-order valence-corrected chi connectivity index (χ0v) is 9.71. The fourth-order valence-electron chi connectivity index (χ4n) is 1.72. The topological polar surface area (TPSA) is 52.5 Å². The van der Waals surface area contributed by atoms with Gasteiger partial charge in [-0.2, -0.15) is 5.26 Å². The van der Waals surface area contributed by atoms with Crippen LogP contribution in [0.4, 0.5) is 4.39 Å². The largest absolute Gasteiger partial charge is 0.346 e.